The molecule has 0 saturated carbocycles. The predicted octanol–water partition coefficient (Wildman–Crippen LogP) is 3.01. The fourth-order valence-corrected chi connectivity index (χ4v) is 3.04. The van der Waals surface area contributed by atoms with Gasteiger partial charge in [-0.25, -0.2) is 4.39 Å². The average molecular weight is 313 g/mol. The molecule has 1 saturated heterocycles. The Bertz CT molecular complexity index is 469. The number of amides is 1. The standard InChI is InChI=1S/C16H22ClFN2O/c1-2-9-20(12-5-4-8-19-11-12)16(21)10-13-14(17)6-3-7-15(13)18/h3,6-7,12,19H,2,4-5,8-11H2,1H3. The van der Waals surface area contributed by atoms with Gasteiger partial charge < -0.3 is 10.2 Å². The molecule has 1 heterocycles. The van der Waals surface area contributed by atoms with Gasteiger partial charge in [0.05, 0.1) is 6.42 Å². The summed E-state index contributed by atoms with van der Waals surface area (Å²) in [4.78, 5) is 14.5. The van der Waals surface area contributed by atoms with Gasteiger partial charge in [-0.05, 0) is 37.9 Å². The van der Waals surface area contributed by atoms with Crippen molar-refractivity contribution in [1.29, 1.82) is 0 Å². The molecule has 1 aliphatic heterocycles. The van der Waals surface area contributed by atoms with Gasteiger partial charge in [-0.2, -0.15) is 0 Å². The highest BCUT2D eigenvalue weighted by molar-refractivity contribution is 6.31. The maximum absolute atomic E-state index is 13.8. The summed E-state index contributed by atoms with van der Waals surface area (Å²) in [5, 5.41) is 3.64. The lowest BCUT2D eigenvalue weighted by Gasteiger charge is -2.34. The summed E-state index contributed by atoms with van der Waals surface area (Å²) in [6.07, 6.45) is 3.00. The lowest BCUT2D eigenvalue weighted by Crippen LogP contribution is -2.49. The maximum atomic E-state index is 13.8. The monoisotopic (exact) mass is 312 g/mol. The van der Waals surface area contributed by atoms with E-state index in [1.807, 2.05) is 11.8 Å². The second-order valence-electron chi connectivity index (χ2n) is 5.46. The van der Waals surface area contributed by atoms with E-state index in [9.17, 15) is 9.18 Å². The smallest absolute Gasteiger partial charge is 0.227 e. The van der Waals surface area contributed by atoms with Crippen molar-refractivity contribution in [3.05, 3.63) is 34.6 Å². The highest BCUT2D eigenvalue weighted by Crippen LogP contribution is 2.21. The average Bonchev–Trinajstić information content (AvgIpc) is 2.49. The molecule has 1 aromatic carbocycles. The number of benzene rings is 1. The second kappa shape index (κ2) is 7.76. The van der Waals surface area contributed by atoms with Crippen molar-refractivity contribution in [3.63, 3.8) is 0 Å². The van der Waals surface area contributed by atoms with Crippen LogP contribution in [0.4, 0.5) is 4.39 Å². The number of piperidine rings is 1. The number of carbonyl (C=O) groups is 1. The zero-order valence-corrected chi connectivity index (χ0v) is 13.1. The summed E-state index contributed by atoms with van der Waals surface area (Å²) in [5.41, 5.74) is 0.300. The third-order valence-corrected chi connectivity index (χ3v) is 4.24. The van der Waals surface area contributed by atoms with Gasteiger partial charge in [0.15, 0.2) is 0 Å². The number of nitrogens with one attached hydrogen (secondary N) is 1. The van der Waals surface area contributed by atoms with E-state index in [1.165, 1.54) is 6.07 Å². The number of rotatable bonds is 5. The van der Waals surface area contributed by atoms with Crippen LogP contribution in [0.25, 0.3) is 0 Å². The summed E-state index contributed by atoms with van der Waals surface area (Å²) < 4.78 is 13.8. The molecule has 1 aliphatic rings. The topological polar surface area (TPSA) is 32.3 Å². The minimum atomic E-state index is -0.408. The maximum Gasteiger partial charge on any atom is 0.227 e. The molecular weight excluding hydrogens is 291 g/mol. The van der Waals surface area contributed by atoms with Crippen LogP contribution < -0.4 is 5.32 Å². The molecule has 0 spiro atoms. The van der Waals surface area contributed by atoms with Crippen LogP contribution in [0.15, 0.2) is 18.2 Å². The summed E-state index contributed by atoms with van der Waals surface area (Å²) in [5.74, 6) is -0.452. The van der Waals surface area contributed by atoms with Gasteiger partial charge in [-0.15, -0.1) is 0 Å². The lowest BCUT2D eigenvalue weighted by atomic mass is 10.0. The van der Waals surface area contributed by atoms with Crippen LogP contribution in [0.5, 0.6) is 0 Å². The van der Waals surface area contributed by atoms with Crippen LogP contribution in [-0.2, 0) is 11.2 Å². The molecule has 3 nitrogen and oxygen atoms in total. The molecule has 21 heavy (non-hydrogen) atoms. The first kappa shape index (κ1) is 16.2. The van der Waals surface area contributed by atoms with Crippen LogP contribution >= 0.6 is 11.6 Å². The van der Waals surface area contributed by atoms with Crippen LogP contribution in [0.2, 0.25) is 5.02 Å². The molecule has 0 aliphatic carbocycles. The van der Waals surface area contributed by atoms with E-state index in [4.69, 9.17) is 11.6 Å². The van der Waals surface area contributed by atoms with Crippen molar-refractivity contribution < 1.29 is 9.18 Å². The van der Waals surface area contributed by atoms with E-state index in [-0.39, 0.29) is 18.4 Å². The fraction of sp³-hybridized carbons (Fsp3) is 0.562. The fourth-order valence-electron chi connectivity index (χ4n) is 2.81. The van der Waals surface area contributed by atoms with Gasteiger partial charge in [0, 0.05) is 29.7 Å². The highest BCUT2D eigenvalue weighted by Gasteiger charge is 2.25. The van der Waals surface area contributed by atoms with E-state index in [2.05, 4.69) is 5.32 Å². The van der Waals surface area contributed by atoms with Gasteiger partial charge in [0.25, 0.3) is 0 Å². The normalized spacial score (nSPS) is 18.5. The minimum Gasteiger partial charge on any atom is -0.338 e. The van der Waals surface area contributed by atoms with Crippen molar-refractivity contribution in [2.24, 2.45) is 0 Å². The molecule has 0 aromatic heterocycles. The molecule has 5 heteroatoms. The molecule has 1 amide bonds. The van der Waals surface area contributed by atoms with Crippen LogP contribution in [-0.4, -0.2) is 36.5 Å². The summed E-state index contributed by atoms with van der Waals surface area (Å²) in [6, 6.07) is 4.73. The molecule has 2 rings (SSSR count). The first-order valence-corrected chi connectivity index (χ1v) is 7.94. The van der Waals surface area contributed by atoms with E-state index in [0.29, 0.717) is 17.1 Å². The van der Waals surface area contributed by atoms with E-state index >= 15 is 0 Å². The summed E-state index contributed by atoms with van der Waals surface area (Å²) >= 11 is 6.02. The molecular formula is C16H22ClFN2O. The SMILES string of the molecule is CCCN(C(=O)Cc1c(F)cccc1Cl)C1CCCNC1. The predicted molar refractivity (Wildman–Crippen MR) is 83.0 cm³/mol. The quantitative estimate of drug-likeness (QED) is 0.906. The minimum absolute atomic E-state index is 0.0298. The molecule has 1 unspecified atom stereocenters. The first-order chi connectivity index (χ1) is 10.1. The number of hydrogen-bond donors (Lipinski definition) is 1. The Morgan fingerprint density at radius 3 is 2.95 bits per heavy atom. The molecule has 0 radical (unpaired) electrons. The Morgan fingerprint density at radius 1 is 1.52 bits per heavy atom. The van der Waals surface area contributed by atoms with Crippen LogP contribution in [0, 0.1) is 5.82 Å². The zero-order valence-electron chi connectivity index (χ0n) is 12.4. The van der Waals surface area contributed by atoms with E-state index in [1.54, 1.807) is 12.1 Å². The molecule has 116 valence electrons. The van der Waals surface area contributed by atoms with Crippen molar-refractivity contribution in [3.8, 4) is 0 Å². The number of hydrogen-bond acceptors (Lipinski definition) is 2. The third-order valence-electron chi connectivity index (χ3n) is 3.89. The van der Waals surface area contributed by atoms with E-state index in [0.717, 1.165) is 32.4 Å². The van der Waals surface area contributed by atoms with Crippen molar-refractivity contribution in [2.45, 2.75) is 38.6 Å². The van der Waals surface area contributed by atoms with Gasteiger partial charge in [0.2, 0.25) is 5.91 Å². The van der Waals surface area contributed by atoms with Gasteiger partial charge in [0.1, 0.15) is 5.82 Å². The summed E-state index contributed by atoms with van der Waals surface area (Å²) in [6.45, 7) is 4.57. The summed E-state index contributed by atoms with van der Waals surface area (Å²) in [7, 11) is 0. The van der Waals surface area contributed by atoms with E-state index < -0.39 is 5.82 Å². The van der Waals surface area contributed by atoms with Crippen LogP contribution in [0.3, 0.4) is 0 Å². The molecule has 1 fully saturated rings. The molecule has 1 N–H and O–H groups in total. The Kier molecular flexibility index (Phi) is 6.00. The number of halogens is 2. The lowest BCUT2D eigenvalue weighted by molar-refractivity contribution is -0.133. The van der Waals surface area contributed by atoms with Crippen molar-refractivity contribution in [1.82, 2.24) is 10.2 Å². The Hall–Kier alpha value is -1.13. The van der Waals surface area contributed by atoms with Gasteiger partial charge in [-0.1, -0.05) is 24.6 Å². The van der Waals surface area contributed by atoms with Crippen molar-refractivity contribution in [2.75, 3.05) is 19.6 Å². The van der Waals surface area contributed by atoms with Crippen LogP contribution in [0.1, 0.15) is 31.7 Å². The number of nitrogens with zero attached hydrogens (tertiary/aromatic N) is 1. The Labute approximate surface area is 130 Å². The Morgan fingerprint density at radius 2 is 2.33 bits per heavy atom. The zero-order chi connectivity index (χ0) is 15.2. The second-order valence-corrected chi connectivity index (χ2v) is 5.87. The molecule has 0 bridgehead atoms. The van der Waals surface area contributed by atoms with Crippen molar-refractivity contribution >= 4 is 17.5 Å². The van der Waals surface area contributed by atoms with Gasteiger partial charge >= 0.3 is 0 Å². The molecule has 1 atom stereocenters. The highest BCUT2D eigenvalue weighted by atomic mass is 35.5. The largest absolute Gasteiger partial charge is 0.338 e. The Balaban J connectivity index is 2.11. The molecule has 1 aromatic rings. The number of carbonyl (C=O) groups excluding carboxylic acids is 1. The van der Waals surface area contributed by atoms with Gasteiger partial charge in [-0.3, -0.25) is 4.79 Å². The first-order valence-electron chi connectivity index (χ1n) is 7.56. The third kappa shape index (κ3) is 4.17.